The van der Waals surface area contributed by atoms with Crippen LogP contribution in [0.4, 0.5) is 0 Å². The van der Waals surface area contributed by atoms with Crippen molar-refractivity contribution < 1.29 is 9.84 Å². The molecule has 0 aromatic carbocycles. The molecule has 0 bridgehead atoms. The highest BCUT2D eigenvalue weighted by atomic mass is 16.5. The van der Waals surface area contributed by atoms with Gasteiger partial charge in [-0.1, -0.05) is 6.92 Å². The quantitative estimate of drug-likeness (QED) is 0.696. The summed E-state index contributed by atoms with van der Waals surface area (Å²) in [7, 11) is 3.28. The summed E-state index contributed by atoms with van der Waals surface area (Å²) in [6.07, 6.45) is 0.394. The summed E-state index contributed by atoms with van der Waals surface area (Å²) in [6.45, 7) is 1.96. The van der Waals surface area contributed by atoms with Crippen LogP contribution >= 0.6 is 0 Å². The molecule has 1 N–H and O–H groups in total. The van der Waals surface area contributed by atoms with Gasteiger partial charge in [-0.05, 0) is 11.6 Å². The minimum atomic E-state index is -0.575. The van der Waals surface area contributed by atoms with Crippen LogP contribution in [0.1, 0.15) is 19.2 Å². The highest BCUT2D eigenvalue weighted by Crippen LogP contribution is 2.06. The molecule has 0 radical (unpaired) electrons. The summed E-state index contributed by atoms with van der Waals surface area (Å²) >= 11 is 0. The van der Waals surface area contributed by atoms with Gasteiger partial charge in [-0.3, -0.25) is 0 Å². The SMILES string of the molecule is CCC(OC)C(O)Cc1nnn(C)n1. The standard InChI is InChI=1S/C8H16N4O2/c1-4-7(14-3)6(13)5-8-9-11-12(2)10-8/h6-7,13H,4-5H2,1-3H3. The molecule has 2 unspecified atom stereocenters. The van der Waals surface area contributed by atoms with Crippen molar-refractivity contribution in [3.8, 4) is 0 Å². The Bertz CT molecular complexity index is 272. The van der Waals surface area contributed by atoms with Gasteiger partial charge in [0.2, 0.25) is 0 Å². The molecule has 0 aliphatic carbocycles. The first kappa shape index (κ1) is 11.1. The monoisotopic (exact) mass is 200 g/mol. The zero-order valence-electron chi connectivity index (χ0n) is 8.71. The summed E-state index contributed by atoms with van der Waals surface area (Å²) in [5.74, 6) is 0.538. The van der Waals surface area contributed by atoms with Gasteiger partial charge in [-0.25, -0.2) is 0 Å². The van der Waals surface area contributed by atoms with Gasteiger partial charge >= 0.3 is 0 Å². The van der Waals surface area contributed by atoms with E-state index in [4.69, 9.17) is 4.74 Å². The van der Waals surface area contributed by atoms with Crippen LogP contribution in [0.15, 0.2) is 0 Å². The first-order valence-corrected chi connectivity index (χ1v) is 4.61. The summed E-state index contributed by atoms with van der Waals surface area (Å²) in [5, 5.41) is 21.2. The molecule has 6 nitrogen and oxygen atoms in total. The Balaban J connectivity index is 2.51. The number of aliphatic hydroxyl groups excluding tert-OH is 1. The van der Waals surface area contributed by atoms with Gasteiger partial charge in [0, 0.05) is 13.5 Å². The maximum atomic E-state index is 9.73. The molecule has 1 rings (SSSR count). The molecular formula is C8H16N4O2. The van der Waals surface area contributed by atoms with Gasteiger partial charge < -0.3 is 9.84 Å². The van der Waals surface area contributed by atoms with E-state index in [2.05, 4.69) is 15.4 Å². The average Bonchev–Trinajstić information content (AvgIpc) is 2.53. The molecule has 1 heterocycles. The Morgan fingerprint density at radius 1 is 1.57 bits per heavy atom. The van der Waals surface area contributed by atoms with Gasteiger partial charge in [0.1, 0.15) is 0 Å². The van der Waals surface area contributed by atoms with Crippen LogP contribution in [0.3, 0.4) is 0 Å². The van der Waals surface area contributed by atoms with Crippen LogP contribution in [0, 0.1) is 0 Å². The van der Waals surface area contributed by atoms with E-state index in [1.165, 1.54) is 4.80 Å². The van der Waals surface area contributed by atoms with Crippen molar-refractivity contribution in [2.45, 2.75) is 32.0 Å². The number of hydrogen-bond acceptors (Lipinski definition) is 5. The summed E-state index contributed by atoms with van der Waals surface area (Å²) < 4.78 is 5.11. The van der Waals surface area contributed by atoms with Crippen LogP contribution < -0.4 is 0 Å². The number of tetrazole rings is 1. The Hall–Kier alpha value is -1.01. The average molecular weight is 200 g/mol. The Kier molecular flexibility index (Phi) is 3.97. The largest absolute Gasteiger partial charge is 0.390 e. The molecule has 1 aromatic heterocycles. The summed E-state index contributed by atoms with van der Waals surface area (Å²) in [4.78, 5) is 1.37. The maximum absolute atomic E-state index is 9.73. The lowest BCUT2D eigenvalue weighted by Gasteiger charge is -2.18. The fourth-order valence-electron chi connectivity index (χ4n) is 1.32. The molecule has 0 amide bonds. The van der Waals surface area contributed by atoms with Crippen LogP contribution in [-0.4, -0.2) is 44.6 Å². The number of ether oxygens (including phenoxy) is 1. The minimum absolute atomic E-state index is 0.168. The highest BCUT2D eigenvalue weighted by molar-refractivity contribution is 4.84. The van der Waals surface area contributed by atoms with E-state index in [1.54, 1.807) is 14.2 Å². The number of aliphatic hydroxyl groups is 1. The van der Waals surface area contributed by atoms with E-state index in [0.717, 1.165) is 6.42 Å². The van der Waals surface area contributed by atoms with Gasteiger partial charge in [0.15, 0.2) is 5.82 Å². The van der Waals surface area contributed by atoms with Crippen LogP contribution in [0.25, 0.3) is 0 Å². The number of aryl methyl sites for hydroxylation is 1. The molecule has 1 aromatic rings. The third kappa shape index (κ3) is 2.74. The third-order valence-electron chi connectivity index (χ3n) is 2.08. The molecule has 6 heteroatoms. The van der Waals surface area contributed by atoms with Crippen molar-refractivity contribution >= 4 is 0 Å². The number of hydrogen-bond donors (Lipinski definition) is 1. The molecule has 0 aliphatic rings. The highest BCUT2D eigenvalue weighted by Gasteiger charge is 2.19. The molecule has 0 saturated heterocycles. The van der Waals surface area contributed by atoms with Crippen LogP contribution in [0.2, 0.25) is 0 Å². The molecule has 0 aliphatic heterocycles. The predicted octanol–water partition coefficient (Wildman–Crippen LogP) is -0.462. The van der Waals surface area contributed by atoms with E-state index in [0.29, 0.717) is 12.2 Å². The molecule has 2 atom stereocenters. The Labute approximate surface area is 82.9 Å². The summed E-state index contributed by atoms with van der Waals surface area (Å²) in [5.41, 5.74) is 0. The number of methoxy groups -OCH3 is 1. The van der Waals surface area contributed by atoms with Crippen molar-refractivity contribution in [1.82, 2.24) is 20.2 Å². The molecular weight excluding hydrogens is 184 g/mol. The molecule has 14 heavy (non-hydrogen) atoms. The maximum Gasteiger partial charge on any atom is 0.177 e. The van der Waals surface area contributed by atoms with Gasteiger partial charge in [-0.15, -0.1) is 10.2 Å². The van der Waals surface area contributed by atoms with Gasteiger partial charge in [0.05, 0.1) is 19.3 Å². The number of nitrogens with zero attached hydrogens (tertiary/aromatic N) is 4. The first-order valence-electron chi connectivity index (χ1n) is 4.61. The second-order valence-electron chi connectivity index (χ2n) is 3.15. The van der Waals surface area contributed by atoms with Crippen molar-refractivity contribution in [1.29, 1.82) is 0 Å². The summed E-state index contributed by atoms with van der Waals surface area (Å²) in [6, 6.07) is 0. The number of aromatic nitrogens is 4. The van der Waals surface area contributed by atoms with Crippen LogP contribution in [-0.2, 0) is 18.2 Å². The lowest BCUT2D eigenvalue weighted by atomic mass is 10.1. The van der Waals surface area contributed by atoms with Crippen molar-refractivity contribution in [2.75, 3.05) is 7.11 Å². The minimum Gasteiger partial charge on any atom is -0.390 e. The third-order valence-corrected chi connectivity index (χ3v) is 2.08. The van der Waals surface area contributed by atoms with Crippen LogP contribution in [0.5, 0.6) is 0 Å². The lowest BCUT2D eigenvalue weighted by molar-refractivity contribution is -0.0137. The normalized spacial score (nSPS) is 15.4. The molecule has 0 saturated carbocycles. The van der Waals surface area contributed by atoms with Crippen molar-refractivity contribution in [3.63, 3.8) is 0 Å². The number of rotatable bonds is 5. The molecule has 80 valence electrons. The lowest BCUT2D eigenvalue weighted by Crippen LogP contribution is -2.29. The second kappa shape index (κ2) is 5.02. The van der Waals surface area contributed by atoms with E-state index in [9.17, 15) is 5.11 Å². The fourth-order valence-corrected chi connectivity index (χ4v) is 1.32. The van der Waals surface area contributed by atoms with E-state index in [1.807, 2.05) is 6.92 Å². The van der Waals surface area contributed by atoms with E-state index in [-0.39, 0.29) is 6.10 Å². The van der Waals surface area contributed by atoms with Gasteiger partial charge in [-0.2, -0.15) is 4.80 Å². The van der Waals surface area contributed by atoms with Crippen molar-refractivity contribution in [3.05, 3.63) is 5.82 Å². The Morgan fingerprint density at radius 3 is 2.71 bits per heavy atom. The fraction of sp³-hybridized carbons (Fsp3) is 0.875. The molecule has 0 spiro atoms. The zero-order valence-corrected chi connectivity index (χ0v) is 8.71. The first-order chi connectivity index (χ1) is 6.67. The predicted molar refractivity (Wildman–Crippen MR) is 49.6 cm³/mol. The van der Waals surface area contributed by atoms with E-state index < -0.39 is 6.10 Å². The van der Waals surface area contributed by atoms with Gasteiger partial charge in [0.25, 0.3) is 0 Å². The zero-order chi connectivity index (χ0) is 10.6. The topological polar surface area (TPSA) is 73.1 Å². The molecule has 0 fully saturated rings. The van der Waals surface area contributed by atoms with Crippen molar-refractivity contribution in [2.24, 2.45) is 7.05 Å². The second-order valence-corrected chi connectivity index (χ2v) is 3.15. The Morgan fingerprint density at radius 2 is 2.29 bits per heavy atom. The smallest absolute Gasteiger partial charge is 0.177 e. The van der Waals surface area contributed by atoms with E-state index >= 15 is 0 Å².